The number of anilines is 1. The Morgan fingerprint density at radius 3 is 2.24 bits per heavy atom. The molecule has 0 aromatic heterocycles. The third kappa shape index (κ3) is 3.88. The number of hydrogen-bond donors (Lipinski definition) is 5. The van der Waals surface area contributed by atoms with Gasteiger partial charge in [0.15, 0.2) is 11.4 Å². The smallest absolute Gasteiger partial charge is 0.312 e. The molecule has 0 fully saturated rings. The van der Waals surface area contributed by atoms with E-state index in [-0.39, 0.29) is 12.8 Å². The SMILES string of the molecule is CN(C)c1ccc(-c2cc([N+](=O)[O-])c(O)c3c2C[C@H]2C[C@H]4[C@H](N(C)C)C(O)=C(C(N)=O)C(=O)[C@@]4(O)C(O)=C2C3=O)cc1. The lowest BCUT2D eigenvalue weighted by atomic mass is 9.58. The quantitative estimate of drug-likeness (QED) is 0.196. The molecule has 220 valence electrons. The molecule has 0 saturated heterocycles. The highest BCUT2D eigenvalue weighted by molar-refractivity contribution is 6.25. The lowest BCUT2D eigenvalue weighted by molar-refractivity contribution is -0.385. The van der Waals surface area contributed by atoms with Gasteiger partial charge in [-0.1, -0.05) is 12.1 Å². The maximum atomic E-state index is 14.0. The molecule has 0 spiro atoms. The second kappa shape index (κ2) is 9.67. The molecule has 0 bridgehead atoms. The minimum Gasteiger partial charge on any atom is -0.510 e. The van der Waals surface area contributed by atoms with E-state index in [1.54, 1.807) is 38.4 Å². The van der Waals surface area contributed by atoms with Crippen molar-refractivity contribution in [1.82, 2.24) is 4.90 Å². The summed E-state index contributed by atoms with van der Waals surface area (Å²) < 4.78 is 0. The summed E-state index contributed by atoms with van der Waals surface area (Å²) in [6, 6.07) is 7.12. The topological polar surface area (TPSA) is 208 Å². The van der Waals surface area contributed by atoms with E-state index in [9.17, 15) is 44.9 Å². The number of amides is 1. The van der Waals surface area contributed by atoms with Gasteiger partial charge in [-0.15, -0.1) is 0 Å². The fourth-order valence-corrected chi connectivity index (χ4v) is 6.64. The highest BCUT2D eigenvalue weighted by atomic mass is 16.6. The number of nitrogens with zero attached hydrogens (tertiary/aromatic N) is 3. The molecule has 2 aromatic carbocycles. The van der Waals surface area contributed by atoms with Crippen LogP contribution in [0.25, 0.3) is 11.1 Å². The summed E-state index contributed by atoms with van der Waals surface area (Å²) in [6.07, 6.45) is -0.0899. The number of fused-ring (bicyclic) bond motifs is 3. The Bertz CT molecular complexity index is 1640. The molecule has 4 atom stereocenters. The summed E-state index contributed by atoms with van der Waals surface area (Å²) >= 11 is 0. The largest absolute Gasteiger partial charge is 0.510 e. The number of phenols is 1. The lowest BCUT2D eigenvalue weighted by Crippen LogP contribution is -2.63. The number of rotatable bonds is 5. The molecule has 0 aliphatic heterocycles. The zero-order chi connectivity index (χ0) is 31.0. The number of carbonyl (C=O) groups is 3. The molecular weight excluding hydrogens is 548 g/mol. The molecule has 0 saturated carbocycles. The second-order valence-corrected chi connectivity index (χ2v) is 11.3. The normalized spacial score (nSPS) is 25.2. The number of aliphatic hydroxyl groups excluding tert-OH is 2. The number of carbonyl (C=O) groups excluding carboxylic acids is 3. The van der Waals surface area contributed by atoms with Gasteiger partial charge in [-0.05, 0) is 61.7 Å². The fourth-order valence-electron chi connectivity index (χ4n) is 6.64. The van der Waals surface area contributed by atoms with Gasteiger partial charge < -0.3 is 31.1 Å². The summed E-state index contributed by atoms with van der Waals surface area (Å²) in [6.45, 7) is 0. The average Bonchev–Trinajstić information content (AvgIpc) is 2.90. The first-order chi connectivity index (χ1) is 19.6. The minimum absolute atomic E-state index is 0.00482. The number of allylic oxidation sites excluding steroid dienone is 1. The Balaban J connectivity index is 1.76. The first-order valence-electron chi connectivity index (χ1n) is 13.1. The van der Waals surface area contributed by atoms with Crippen LogP contribution in [-0.2, 0) is 16.0 Å². The molecule has 42 heavy (non-hydrogen) atoms. The van der Waals surface area contributed by atoms with Gasteiger partial charge in [0.25, 0.3) is 5.91 Å². The number of nitro benzene ring substituents is 1. The summed E-state index contributed by atoms with van der Waals surface area (Å²) in [7, 11) is 6.78. The maximum Gasteiger partial charge on any atom is 0.312 e. The van der Waals surface area contributed by atoms with Crippen molar-refractivity contribution in [2.45, 2.75) is 24.5 Å². The van der Waals surface area contributed by atoms with Crippen molar-refractivity contribution < 1.29 is 39.7 Å². The van der Waals surface area contributed by atoms with Crippen LogP contribution in [0.4, 0.5) is 11.4 Å². The molecule has 13 nitrogen and oxygen atoms in total. The van der Waals surface area contributed by atoms with E-state index in [2.05, 4.69) is 0 Å². The number of benzene rings is 2. The highest BCUT2D eigenvalue weighted by Crippen LogP contribution is 2.54. The number of hydrogen-bond acceptors (Lipinski definition) is 11. The number of primary amides is 1. The third-order valence-corrected chi connectivity index (χ3v) is 8.59. The van der Waals surface area contributed by atoms with Crippen LogP contribution in [0.3, 0.4) is 0 Å². The number of aliphatic hydroxyl groups is 3. The number of ketones is 2. The van der Waals surface area contributed by atoms with Crippen LogP contribution in [0.15, 0.2) is 53.0 Å². The predicted octanol–water partition coefficient (Wildman–Crippen LogP) is 1.76. The van der Waals surface area contributed by atoms with Crippen LogP contribution in [0, 0.1) is 22.0 Å². The summed E-state index contributed by atoms with van der Waals surface area (Å²) in [5, 5.41) is 56.9. The van der Waals surface area contributed by atoms with Crippen LogP contribution in [0.2, 0.25) is 0 Å². The van der Waals surface area contributed by atoms with E-state index in [1.807, 2.05) is 19.0 Å². The van der Waals surface area contributed by atoms with Crippen molar-refractivity contribution in [2.24, 2.45) is 17.6 Å². The molecule has 1 amide bonds. The van der Waals surface area contributed by atoms with E-state index in [4.69, 9.17) is 5.73 Å². The first kappa shape index (κ1) is 28.8. The van der Waals surface area contributed by atoms with Crippen molar-refractivity contribution >= 4 is 28.8 Å². The summed E-state index contributed by atoms with van der Waals surface area (Å²) in [4.78, 5) is 54.0. The van der Waals surface area contributed by atoms with E-state index in [0.717, 1.165) is 5.69 Å². The number of phenolic OH excluding ortho intramolecular Hbond substituents is 1. The van der Waals surface area contributed by atoms with Gasteiger partial charge in [-0.3, -0.25) is 29.4 Å². The van der Waals surface area contributed by atoms with Crippen LogP contribution in [-0.4, -0.2) is 87.6 Å². The number of aromatic hydroxyl groups is 1. The van der Waals surface area contributed by atoms with Crippen molar-refractivity contribution in [2.75, 3.05) is 33.1 Å². The summed E-state index contributed by atoms with van der Waals surface area (Å²) in [5.74, 6) is -8.28. The van der Waals surface area contributed by atoms with Gasteiger partial charge in [-0.25, -0.2) is 0 Å². The number of likely N-dealkylation sites (N-methyl/N-ethyl adjacent to an activating group) is 1. The fraction of sp³-hybridized carbons (Fsp3) is 0.345. The van der Waals surface area contributed by atoms with Crippen LogP contribution in [0.5, 0.6) is 5.75 Å². The van der Waals surface area contributed by atoms with E-state index in [0.29, 0.717) is 16.7 Å². The number of nitrogens with two attached hydrogens (primary N) is 1. The Kier molecular flexibility index (Phi) is 6.62. The lowest BCUT2D eigenvalue weighted by Gasteiger charge is -2.50. The molecular formula is C29H30N4O9. The zero-order valence-corrected chi connectivity index (χ0v) is 23.3. The van der Waals surface area contributed by atoms with Crippen molar-refractivity contribution in [3.63, 3.8) is 0 Å². The van der Waals surface area contributed by atoms with Gasteiger partial charge in [-0.2, -0.15) is 0 Å². The van der Waals surface area contributed by atoms with Crippen LogP contribution in [0.1, 0.15) is 22.3 Å². The molecule has 0 heterocycles. The van der Waals surface area contributed by atoms with Gasteiger partial charge in [0, 0.05) is 37.3 Å². The molecule has 3 aliphatic rings. The van der Waals surface area contributed by atoms with Crippen molar-refractivity contribution in [1.29, 1.82) is 0 Å². The monoisotopic (exact) mass is 578 g/mol. The zero-order valence-electron chi connectivity index (χ0n) is 23.3. The molecule has 2 aromatic rings. The van der Waals surface area contributed by atoms with Gasteiger partial charge in [0.05, 0.1) is 16.5 Å². The molecule has 0 unspecified atom stereocenters. The third-order valence-electron chi connectivity index (χ3n) is 8.59. The Morgan fingerprint density at radius 1 is 1.10 bits per heavy atom. The molecule has 0 radical (unpaired) electrons. The van der Waals surface area contributed by atoms with E-state index in [1.165, 1.54) is 11.0 Å². The molecule has 5 rings (SSSR count). The first-order valence-corrected chi connectivity index (χ1v) is 13.1. The van der Waals surface area contributed by atoms with Crippen molar-refractivity contribution in [3.8, 4) is 16.9 Å². The van der Waals surface area contributed by atoms with E-state index >= 15 is 0 Å². The second-order valence-electron chi connectivity index (χ2n) is 11.3. The minimum atomic E-state index is -2.80. The Hall–Kier alpha value is -4.75. The molecule has 13 heteroatoms. The Morgan fingerprint density at radius 2 is 1.71 bits per heavy atom. The van der Waals surface area contributed by atoms with Crippen LogP contribution < -0.4 is 10.6 Å². The number of nitro groups is 1. The van der Waals surface area contributed by atoms with Crippen molar-refractivity contribution in [3.05, 3.63) is 74.2 Å². The number of Topliss-reactive ketones (excluding diaryl/α,β-unsaturated/α-hetero) is 2. The highest BCUT2D eigenvalue weighted by Gasteiger charge is 2.63. The van der Waals surface area contributed by atoms with Gasteiger partial charge in [0.2, 0.25) is 11.5 Å². The van der Waals surface area contributed by atoms with Gasteiger partial charge in [0.1, 0.15) is 17.1 Å². The molecule has 6 N–H and O–H groups in total. The standard InChI is InChI=1S/C29H30N4O9/c1-31(2)14-7-5-12(6-8-14)15-11-18(33(41)42)23(34)20-16(15)9-13-10-17-22(32(3)4)25(36)21(28(30)39)27(38)29(17,40)26(37)19(13)24(20)35/h5-8,11,13,17,22,34,36-37,40H,9-10H2,1-4H3,(H2,30,39)/t13-,17-,22-,29-/m0/s1. The molecule has 3 aliphatic carbocycles. The van der Waals surface area contributed by atoms with E-state index < -0.39 is 85.5 Å². The Labute approximate surface area is 239 Å². The van der Waals surface area contributed by atoms with Gasteiger partial charge >= 0.3 is 5.69 Å². The summed E-state index contributed by atoms with van der Waals surface area (Å²) in [5.41, 5.74) is 2.13. The predicted molar refractivity (Wildman–Crippen MR) is 150 cm³/mol. The van der Waals surface area contributed by atoms with Crippen LogP contribution >= 0.6 is 0 Å². The maximum absolute atomic E-state index is 14.0. The average molecular weight is 579 g/mol.